The summed E-state index contributed by atoms with van der Waals surface area (Å²) in [7, 11) is -1.62. The number of nitrogens with zero attached hydrogens (tertiary/aromatic N) is 4. The van der Waals surface area contributed by atoms with E-state index in [0.29, 0.717) is 127 Å². The van der Waals surface area contributed by atoms with E-state index in [1.807, 2.05) is 24.3 Å². The topological polar surface area (TPSA) is 379 Å². The van der Waals surface area contributed by atoms with Gasteiger partial charge < -0.3 is 62.2 Å². The van der Waals surface area contributed by atoms with Crippen LogP contribution >= 0.6 is 0 Å². The summed E-state index contributed by atoms with van der Waals surface area (Å²) in [5, 5.41) is 12.8. The van der Waals surface area contributed by atoms with Gasteiger partial charge in [-0.1, -0.05) is 0 Å². The summed E-state index contributed by atoms with van der Waals surface area (Å²) in [6.45, 7) is 4.06. The normalized spacial score (nSPS) is 14.7. The third-order valence-corrected chi connectivity index (χ3v) is 27.4. The molecule has 4 unspecified atom stereocenters. The molecule has 30 nitrogen and oxygen atoms in total. The Morgan fingerprint density at radius 3 is 1.01 bits per heavy atom. The number of H-pyrrole nitrogens is 1. The van der Waals surface area contributed by atoms with Crippen LogP contribution in [0.1, 0.15) is 75.9 Å². The van der Waals surface area contributed by atoms with Gasteiger partial charge in [0.05, 0.1) is 131 Å². The number of aldehydes is 2. The summed E-state index contributed by atoms with van der Waals surface area (Å²) in [6.07, 6.45) is 13.0. The van der Waals surface area contributed by atoms with Crippen LogP contribution in [-0.2, 0) is 64.0 Å². The molecule has 2 fully saturated rings. The Hall–Kier alpha value is -13.8. The molecule has 4 atom stereocenters. The number of rotatable bonds is 27. The van der Waals surface area contributed by atoms with Gasteiger partial charge in [-0.05, 0) is 232 Å². The number of methoxy groups -OCH3 is 9. The van der Waals surface area contributed by atoms with Crippen LogP contribution in [0.5, 0.6) is 51.7 Å². The molecule has 5 aromatic heterocycles. The molecule has 0 saturated heterocycles. The number of ether oxygens (including phenoxy) is 11. The van der Waals surface area contributed by atoms with E-state index in [2.05, 4.69) is 4.98 Å². The van der Waals surface area contributed by atoms with E-state index in [9.17, 15) is 62.8 Å². The van der Waals surface area contributed by atoms with Crippen LogP contribution < -0.4 is 42.6 Å². The predicted molar refractivity (Wildman–Crippen MR) is 464 cm³/mol. The zero-order valence-electron chi connectivity index (χ0n) is 68.9. The molecule has 9 aromatic carbocycles. The minimum Gasteiger partial charge on any atom is -0.497 e. The first-order valence-electron chi connectivity index (χ1n) is 38.2. The fourth-order valence-corrected chi connectivity index (χ4v) is 19.4. The Balaban J connectivity index is 0.000000144. The fraction of sp³-hybridized carbons (Fsp3) is 0.211. The van der Waals surface area contributed by atoms with Crippen LogP contribution in [0.4, 0.5) is 0 Å². The largest absolute Gasteiger partial charge is 0.497 e. The molecule has 0 bridgehead atoms. The quantitative estimate of drug-likeness (QED) is 0.0274. The second kappa shape index (κ2) is 38.1. The molecule has 0 aliphatic heterocycles. The molecule has 14 aromatic rings. The summed E-state index contributed by atoms with van der Waals surface area (Å²) in [5.74, 6) is 2.69. The third kappa shape index (κ3) is 18.8. The van der Waals surface area contributed by atoms with Crippen LogP contribution in [0.3, 0.4) is 0 Å². The van der Waals surface area contributed by atoms with Crippen molar-refractivity contribution in [3.05, 3.63) is 253 Å². The number of benzene rings is 9. The second-order valence-corrected chi connectivity index (χ2v) is 35.0. The number of aromatic amines is 1. The highest BCUT2D eigenvalue weighted by Crippen LogP contribution is 2.53. The van der Waals surface area contributed by atoms with Crippen molar-refractivity contribution in [3.8, 4) is 51.7 Å². The van der Waals surface area contributed by atoms with E-state index in [-0.39, 0.29) is 55.5 Å². The van der Waals surface area contributed by atoms with Crippen LogP contribution in [0.25, 0.3) is 60.6 Å². The maximum absolute atomic E-state index is 13.4. The lowest BCUT2D eigenvalue weighted by Gasteiger charge is -2.09. The van der Waals surface area contributed by atoms with Gasteiger partial charge in [-0.3, -0.25) is 19.2 Å². The summed E-state index contributed by atoms with van der Waals surface area (Å²) < 4.78 is 167. The highest BCUT2D eigenvalue weighted by Gasteiger charge is 2.48. The lowest BCUT2D eigenvalue weighted by atomic mass is 10.1. The van der Waals surface area contributed by atoms with E-state index in [1.54, 1.807) is 156 Å². The van der Waals surface area contributed by atoms with Gasteiger partial charge in [0.1, 0.15) is 51.7 Å². The Labute approximate surface area is 714 Å². The molecule has 124 heavy (non-hydrogen) atoms. The molecular formula is C90H87N5O25S4. The highest BCUT2D eigenvalue weighted by molar-refractivity contribution is 7.91. The first kappa shape index (κ1) is 89.4. The molecule has 2 saturated carbocycles. The van der Waals surface area contributed by atoms with E-state index in [0.717, 1.165) is 37.9 Å². The van der Waals surface area contributed by atoms with Gasteiger partial charge in [0.2, 0.25) is 0 Å². The van der Waals surface area contributed by atoms with Gasteiger partial charge in [-0.2, -0.15) is 0 Å². The molecule has 646 valence electrons. The van der Waals surface area contributed by atoms with Crippen molar-refractivity contribution in [1.29, 1.82) is 0 Å². The van der Waals surface area contributed by atoms with Crippen LogP contribution in [0, 0.1) is 11.8 Å². The van der Waals surface area contributed by atoms with E-state index >= 15 is 0 Å². The van der Waals surface area contributed by atoms with Crippen LogP contribution in [0.2, 0.25) is 0 Å². The molecule has 0 radical (unpaired) electrons. The van der Waals surface area contributed by atoms with Gasteiger partial charge >= 0.3 is 17.9 Å². The van der Waals surface area contributed by atoms with Crippen molar-refractivity contribution in [3.63, 3.8) is 0 Å². The monoisotopic (exact) mass is 1770 g/mol. The molecule has 2 N–H and O–H groups in total. The van der Waals surface area contributed by atoms with Gasteiger partial charge in [0, 0.05) is 98.0 Å². The number of aromatic nitrogens is 5. The number of carbonyl (C=O) groups excluding carboxylic acids is 4. The molecule has 2 aliphatic rings. The average molecular weight is 1770 g/mol. The molecular weight excluding hydrogens is 1680 g/mol. The van der Waals surface area contributed by atoms with Gasteiger partial charge in [0.15, 0.2) is 12.6 Å². The summed E-state index contributed by atoms with van der Waals surface area (Å²) in [6, 6.07) is 50.5. The minimum absolute atomic E-state index is 0.0778. The lowest BCUT2D eigenvalue weighted by Crippen LogP contribution is -2.12. The number of fused-ring (bicyclic) bond motifs is 5. The fourth-order valence-electron chi connectivity index (χ4n) is 13.9. The van der Waals surface area contributed by atoms with Gasteiger partial charge in [-0.15, -0.1) is 0 Å². The van der Waals surface area contributed by atoms with Crippen molar-refractivity contribution in [2.75, 3.05) is 77.2 Å². The van der Waals surface area contributed by atoms with Gasteiger partial charge in [-0.25, -0.2) is 54.4 Å². The van der Waals surface area contributed by atoms with Crippen molar-refractivity contribution in [1.82, 2.24) is 20.9 Å². The Morgan fingerprint density at radius 1 is 0.371 bits per heavy atom. The molecule has 0 spiro atoms. The SMILES string of the molecule is CCOC(=O)C1CC1c1cn(S(=O)(=O)c2ccc(OC)cc2)c2ccc(OC)cc12.CCOC(=O)C=Cc1cn(S(=O)(=O)c2ccc(OC)cc2)c2ccc(OC)cc12.COc1ccc(S(=O)(=O)n2cc(C3CC3C(=O)O)c3cc(OC)ccc32)cc1.COc1ccc(S(=O)(=O)n2cc(C=O)c3cc(OC)ccc32)cc1.COc1ccc2[nH]cc(C=O)c2c1. The second-order valence-electron chi connectivity index (χ2n) is 27.7. The number of nitrogens with one attached hydrogen (secondary N) is 1. The summed E-state index contributed by atoms with van der Waals surface area (Å²) >= 11 is 0. The first-order chi connectivity index (χ1) is 59.5. The Morgan fingerprint density at radius 2 is 0.669 bits per heavy atom. The molecule has 34 heteroatoms. The lowest BCUT2D eigenvalue weighted by molar-refractivity contribution is -0.145. The number of carboxylic acids is 1. The van der Waals surface area contributed by atoms with Crippen molar-refractivity contribution in [2.45, 2.75) is 58.1 Å². The zero-order valence-corrected chi connectivity index (χ0v) is 72.2. The molecule has 5 heterocycles. The van der Waals surface area contributed by atoms with Gasteiger partial charge in [0.25, 0.3) is 40.1 Å². The predicted octanol–water partition coefficient (Wildman–Crippen LogP) is 14.8. The first-order valence-corrected chi connectivity index (χ1v) is 43.9. The van der Waals surface area contributed by atoms with Crippen molar-refractivity contribution >= 4 is 131 Å². The zero-order chi connectivity index (χ0) is 89.1. The summed E-state index contributed by atoms with van der Waals surface area (Å²) in [5.41, 5.74) is 5.84. The smallest absolute Gasteiger partial charge is 0.330 e. The molecule has 2 aliphatic carbocycles. The van der Waals surface area contributed by atoms with Crippen molar-refractivity contribution in [2.24, 2.45) is 11.8 Å². The maximum atomic E-state index is 13.4. The third-order valence-electron chi connectivity index (χ3n) is 20.6. The van der Waals surface area contributed by atoms with Crippen LogP contribution in [0.15, 0.2) is 245 Å². The Bertz CT molecular complexity index is 6830. The molecule has 16 rings (SSSR count). The maximum Gasteiger partial charge on any atom is 0.330 e. The number of esters is 2. The number of hydrogen-bond acceptors (Lipinski definition) is 24. The minimum atomic E-state index is -3.87. The number of aliphatic carboxylic acids is 1. The molecule has 0 amide bonds. The van der Waals surface area contributed by atoms with Crippen LogP contribution in [-0.4, -0.2) is 167 Å². The van der Waals surface area contributed by atoms with E-state index < -0.39 is 57.9 Å². The summed E-state index contributed by atoms with van der Waals surface area (Å²) in [4.78, 5) is 60.6. The number of carbonyl (C=O) groups is 5. The van der Waals surface area contributed by atoms with E-state index in [1.165, 1.54) is 141 Å². The Kier molecular flexibility index (Phi) is 27.5. The number of hydrogen-bond donors (Lipinski definition) is 2. The van der Waals surface area contributed by atoms with Crippen molar-refractivity contribution < 1.29 is 115 Å². The standard InChI is InChI=1S/C22H23NO6S.C21H21NO6S.C20H19NO6S.C17H15NO5S.C10H9NO2/c1-4-29-22(24)19-12-17(19)20-13-23(21-10-7-15(28-3)11-18(20)21)30(25,26)16-8-5-14(27-2)6-9-16;1-4-28-21(23)12-5-15-14-22(20-11-8-17(27-3)13-19(15)20)29(24,25)18-9-6-16(26-2)7-10-18;1-26-12-3-6-14(7-4-12)28(24,25)21-11-18(15-10-17(15)20(22)23)16-9-13(27-2)5-8-19(16)21;1-22-13-3-6-15(7-4-13)24(20,21)18-10-12(11-19)16-9-14(23-2)5-8-17(16)18;1-13-8-2-3-10-9(4-8)7(6-12)5-11-10/h5-11,13,17,19H,4,12H2,1-3H3;5-14H,4H2,1-3H3;3-9,11,15,17H,10H2,1-2H3,(H,22,23);3-11H,1-2H3;2-6,11H,1H3. The average Bonchev–Trinajstić information content (AvgIpc) is 1.57. The van der Waals surface area contributed by atoms with E-state index in [4.69, 9.17) is 52.1 Å². The number of carboxylic acid groups (broad SMARTS) is 1. The highest BCUT2D eigenvalue weighted by atomic mass is 32.2.